The number of hydrogen-bond acceptors (Lipinski definition) is 13. The molecule has 2 aromatic heterocycles. The fraction of sp³-hybridized carbons (Fsp3) is 0.452. The number of ether oxygens (including phenoxy) is 6. The van der Waals surface area contributed by atoms with Crippen LogP contribution in [-0.4, -0.2) is 69.0 Å². The van der Waals surface area contributed by atoms with Crippen LogP contribution in [0.1, 0.15) is 38.0 Å². The summed E-state index contributed by atoms with van der Waals surface area (Å²) < 4.78 is 32.3. The zero-order valence-electron chi connectivity index (χ0n) is 26.8. The summed E-state index contributed by atoms with van der Waals surface area (Å²) in [5.74, 6) is 1.65. The smallest absolute Gasteiger partial charge is 0.855 e. The van der Waals surface area contributed by atoms with Crippen LogP contribution >= 0.6 is 34.3 Å². The summed E-state index contributed by atoms with van der Waals surface area (Å²) in [4.78, 5) is 34.9. The van der Waals surface area contributed by atoms with Crippen molar-refractivity contribution in [3.05, 3.63) is 57.0 Å². The predicted octanol–water partition coefficient (Wildman–Crippen LogP) is -2.21. The van der Waals surface area contributed by atoms with Gasteiger partial charge in [0.25, 0.3) is 0 Å². The molecule has 4 heterocycles. The Morgan fingerprint density at radius 2 is 1.26 bits per heavy atom. The Hall–Kier alpha value is -2.17. The second kappa shape index (κ2) is 24.0. The van der Waals surface area contributed by atoms with E-state index in [2.05, 4.69) is 19.7 Å². The van der Waals surface area contributed by atoms with E-state index in [4.69, 9.17) is 40.0 Å². The van der Waals surface area contributed by atoms with Crippen molar-refractivity contribution >= 4 is 51.5 Å². The SMILES string of the molecule is C.C=C(C)C(=O)Cl.C=C(C)C(=O)OCC(Cc1scc2c1OCCO2)OC(=O)C(=C)C.[Li+].[Li+].[O-]CC([O-])Cc1scc2c1OCCO2. The van der Waals surface area contributed by atoms with Crippen LogP contribution in [0.3, 0.4) is 0 Å². The molecule has 2 aliphatic rings. The van der Waals surface area contributed by atoms with Crippen LogP contribution in [0, 0.1) is 0 Å². The van der Waals surface area contributed by atoms with E-state index in [1.54, 1.807) is 20.8 Å². The first-order valence-corrected chi connectivity index (χ1v) is 15.5. The molecular weight excluding hydrogens is 662 g/mol. The molecule has 0 spiro atoms. The van der Waals surface area contributed by atoms with E-state index in [0.717, 1.165) is 9.75 Å². The van der Waals surface area contributed by atoms with Gasteiger partial charge in [0, 0.05) is 38.8 Å². The maximum absolute atomic E-state index is 11.8. The third-order valence-corrected chi connectivity index (χ3v) is 7.72. The number of halogens is 1. The van der Waals surface area contributed by atoms with Crippen LogP contribution in [0.2, 0.25) is 0 Å². The topological polar surface area (TPSA) is 153 Å². The molecule has 250 valence electrons. The van der Waals surface area contributed by atoms with E-state index in [-0.39, 0.29) is 69.3 Å². The van der Waals surface area contributed by atoms with E-state index in [1.807, 2.05) is 10.8 Å². The van der Waals surface area contributed by atoms with Crippen LogP contribution < -0.4 is 66.9 Å². The molecule has 0 bridgehead atoms. The number of esters is 2. The Morgan fingerprint density at radius 1 is 0.830 bits per heavy atom. The molecular formula is C31H39ClLi2O11S2. The van der Waals surface area contributed by atoms with E-state index in [0.29, 0.717) is 61.4 Å². The number of thiophene rings is 2. The summed E-state index contributed by atoms with van der Waals surface area (Å²) >= 11 is 7.74. The maximum Gasteiger partial charge on any atom is 1.00 e. The van der Waals surface area contributed by atoms with Crippen LogP contribution in [-0.2, 0) is 36.7 Å². The summed E-state index contributed by atoms with van der Waals surface area (Å²) in [7, 11) is 0. The monoisotopic (exact) mass is 700 g/mol. The average Bonchev–Trinajstić information content (AvgIpc) is 3.60. The molecule has 11 nitrogen and oxygen atoms in total. The molecule has 0 amide bonds. The summed E-state index contributed by atoms with van der Waals surface area (Å²) in [6.45, 7) is 16.4. The van der Waals surface area contributed by atoms with Crippen molar-refractivity contribution < 1.29 is 90.7 Å². The normalized spacial score (nSPS) is 13.0. The van der Waals surface area contributed by atoms with Gasteiger partial charge in [-0.2, -0.15) is 6.61 Å². The summed E-state index contributed by atoms with van der Waals surface area (Å²) in [6, 6.07) is 0. The fourth-order valence-electron chi connectivity index (χ4n) is 3.26. The first kappa shape index (κ1) is 47.0. The first-order chi connectivity index (χ1) is 20.8. The largest absolute Gasteiger partial charge is 1.00 e. The molecule has 0 saturated carbocycles. The Bertz CT molecular complexity index is 1330. The molecule has 0 saturated heterocycles. The van der Waals surface area contributed by atoms with Gasteiger partial charge in [-0.25, -0.2) is 9.59 Å². The molecule has 0 N–H and O–H groups in total. The van der Waals surface area contributed by atoms with Gasteiger partial charge in [-0.15, -0.1) is 28.8 Å². The van der Waals surface area contributed by atoms with Crippen molar-refractivity contribution in [2.75, 3.05) is 39.6 Å². The minimum atomic E-state index is -1.08. The number of carbonyl (C=O) groups is 3. The van der Waals surface area contributed by atoms with E-state index in [9.17, 15) is 24.6 Å². The van der Waals surface area contributed by atoms with Gasteiger partial charge in [-0.1, -0.05) is 27.2 Å². The fourth-order valence-corrected chi connectivity index (χ4v) is 5.21. The molecule has 0 radical (unpaired) electrons. The molecule has 0 fully saturated rings. The summed E-state index contributed by atoms with van der Waals surface area (Å²) in [5.41, 5.74) is 0.945. The average molecular weight is 701 g/mol. The molecule has 2 aliphatic heterocycles. The predicted molar refractivity (Wildman–Crippen MR) is 170 cm³/mol. The molecule has 0 aliphatic carbocycles. The third kappa shape index (κ3) is 16.2. The van der Waals surface area contributed by atoms with E-state index < -0.39 is 36.0 Å². The van der Waals surface area contributed by atoms with E-state index >= 15 is 0 Å². The van der Waals surface area contributed by atoms with Crippen molar-refractivity contribution in [3.8, 4) is 23.0 Å². The van der Waals surface area contributed by atoms with Gasteiger partial charge < -0.3 is 38.6 Å². The number of allylic oxidation sites excluding steroid dienone is 1. The zero-order valence-corrected chi connectivity index (χ0v) is 29.2. The van der Waals surface area contributed by atoms with Crippen LogP contribution in [0.4, 0.5) is 0 Å². The molecule has 16 heteroatoms. The van der Waals surface area contributed by atoms with Crippen LogP contribution in [0.15, 0.2) is 47.2 Å². The Kier molecular flexibility index (Phi) is 24.0. The molecule has 47 heavy (non-hydrogen) atoms. The van der Waals surface area contributed by atoms with Gasteiger partial charge in [0.1, 0.15) is 39.1 Å². The molecule has 2 atom stereocenters. The van der Waals surface area contributed by atoms with Crippen molar-refractivity contribution in [2.24, 2.45) is 0 Å². The van der Waals surface area contributed by atoms with Crippen molar-refractivity contribution in [3.63, 3.8) is 0 Å². The standard InChI is InChI=1S/C17H20O6S.C9H10O4S.C4H5ClO.CH4.2Li/c1-10(2)16(18)22-8-12(23-17(19)11(3)4)7-14-15-13(9-24-14)20-5-6-21-15;10-4-6(11)3-8-9-7(5-14-8)12-1-2-13-9;1-3(2)4(5)6;;;/h9,12H,1,3,5-8H2,2,4H3;5-6H,1-4H2;1H2,2H3;1H4;;/q;-2;;;2*+1. The quantitative estimate of drug-likeness (QED) is 0.109. The van der Waals surface area contributed by atoms with Gasteiger partial charge in [0.15, 0.2) is 23.0 Å². The van der Waals surface area contributed by atoms with Gasteiger partial charge in [0.05, 0.1) is 4.88 Å². The van der Waals surface area contributed by atoms with E-state index in [1.165, 1.54) is 22.7 Å². The van der Waals surface area contributed by atoms with Gasteiger partial charge in [-0.3, -0.25) is 4.79 Å². The minimum Gasteiger partial charge on any atom is -0.855 e. The molecule has 2 aromatic rings. The van der Waals surface area contributed by atoms with Crippen molar-refractivity contribution in [1.29, 1.82) is 0 Å². The Labute approximate surface area is 313 Å². The second-order valence-electron chi connectivity index (χ2n) is 9.54. The van der Waals surface area contributed by atoms with Gasteiger partial charge in [0.2, 0.25) is 5.24 Å². The van der Waals surface area contributed by atoms with Crippen molar-refractivity contribution in [2.45, 2.75) is 53.2 Å². The minimum absolute atomic E-state index is 0. The molecule has 4 rings (SSSR count). The first-order valence-electron chi connectivity index (χ1n) is 13.3. The number of rotatable bonds is 11. The Morgan fingerprint density at radius 3 is 1.66 bits per heavy atom. The summed E-state index contributed by atoms with van der Waals surface area (Å²) in [5, 5.41) is 24.6. The second-order valence-corrected chi connectivity index (χ2v) is 11.8. The van der Waals surface area contributed by atoms with Gasteiger partial charge in [-0.05, 0) is 38.8 Å². The number of fused-ring (bicyclic) bond motifs is 2. The molecule has 0 aromatic carbocycles. The third-order valence-electron chi connectivity index (χ3n) is 5.46. The van der Waals surface area contributed by atoms with Crippen LogP contribution in [0.5, 0.6) is 23.0 Å². The van der Waals surface area contributed by atoms with Gasteiger partial charge >= 0.3 is 49.7 Å². The number of hydrogen-bond donors (Lipinski definition) is 0. The Balaban J connectivity index is 0. The van der Waals surface area contributed by atoms with Crippen molar-refractivity contribution in [1.82, 2.24) is 0 Å². The molecule has 2 unspecified atom stereocenters. The number of carbonyl (C=O) groups excluding carboxylic acids is 3. The zero-order chi connectivity index (χ0) is 32.8. The van der Waals surface area contributed by atoms with Crippen LogP contribution in [0.25, 0.3) is 0 Å². The summed E-state index contributed by atoms with van der Waals surface area (Å²) in [6.07, 6.45) is -1.13. The maximum atomic E-state index is 11.8.